The number of ether oxygens (including phenoxy) is 7. The molecule has 8 unspecified atom stereocenters. The average Bonchev–Trinajstić information content (AvgIpc) is 3.02. The summed E-state index contributed by atoms with van der Waals surface area (Å²) >= 11 is 0. The van der Waals surface area contributed by atoms with Crippen LogP contribution < -0.4 is 0 Å². The SMILES string of the molecule is COC1CC(C2OC3CC(O)CC(O[C@H]4O[C@H](CO)[C@@H](O)[C@H](O)[C@H]4O)C3CC2O[C@H]2O[C@@H](C)[C@H](O)[C@@H](O)[C@@H]2O)CC(OC)C1O. The fourth-order valence-corrected chi connectivity index (χ4v) is 7.68. The van der Waals surface area contributed by atoms with E-state index in [4.69, 9.17) is 33.2 Å². The van der Waals surface area contributed by atoms with Crippen LogP contribution in [0.5, 0.6) is 0 Å². The number of methoxy groups -OCH3 is 2. The minimum absolute atomic E-state index is 0.120. The highest BCUT2D eigenvalue weighted by molar-refractivity contribution is 5.01. The predicted octanol–water partition coefficient (Wildman–Crippen LogP) is -3.89. The number of hydrogen-bond acceptors (Lipinski definition) is 16. The molecule has 5 fully saturated rings. The van der Waals surface area contributed by atoms with Crippen molar-refractivity contribution in [3.05, 3.63) is 0 Å². The molecule has 0 aromatic heterocycles. The lowest BCUT2D eigenvalue weighted by Gasteiger charge is -2.53. The van der Waals surface area contributed by atoms with Crippen LogP contribution in [0, 0.1) is 11.8 Å². The van der Waals surface area contributed by atoms with E-state index >= 15 is 0 Å². The highest BCUT2D eigenvalue weighted by Gasteiger charge is 2.54. The van der Waals surface area contributed by atoms with E-state index in [-0.39, 0.29) is 25.2 Å². The van der Waals surface area contributed by atoms with E-state index in [0.717, 1.165) is 0 Å². The Morgan fingerprint density at radius 2 is 1.16 bits per heavy atom. The van der Waals surface area contributed by atoms with E-state index in [1.165, 1.54) is 14.2 Å². The molecule has 0 bridgehead atoms. The second-order valence-corrected chi connectivity index (χ2v) is 13.2. The molecule has 3 heterocycles. The zero-order valence-electron chi connectivity index (χ0n) is 25.7. The van der Waals surface area contributed by atoms with Gasteiger partial charge in [-0.2, -0.15) is 0 Å². The van der Waals surface area contributed by atoms with Gasteiger partial charge >= 0.3 is 0 Å². The third-order valence-corrected chi connectivity index (χ3v) is 10.3. The first-order valence-corrected chi connectivity index (χ1v) is 15.8. The second-order valence-electron chi connectivity index (χ2n) is 13.2. The van der Waals surface area contributed by atoms with Gasteiger partial charge in [0, 0.05) is 26.6 Å². The Hall–Kier alpha value is -0.640. The molecule has 0 amide bonds. The van der Waals surface area contributed by atoms with Crippen molar-refractivity contribution in [2.24, 2.45) is 11.8 Å². The topological polar surface area (TPSA) is 247 Å². The van der Waals surface area contributed by atoms with Crippen molar-refractivity contribution in [2.45, 2.75) is 149 Å². The summed E-state index contributed by atoms with van der Waals surface area (Å²) in [5.74, 6) is -0.729. The minimum Gasteiger partial charge on any atom is -0.394 e. The molecule has 45 heavy (non-hydrogen) atoms. The highest BCUT2D eigenvalue weighted by Crippen LogP contribution is 2.45. The Morgan fingerprint density at radius 1 is 0.578 bits per heavy atom. The first kappa shape index (κ1) is 35.7. The molecule has 18 atom stereocenters. The van der Waals surface area contributed by atoms with Crippen LogP contribution in [-0.4, -0.2) is 177 Å². The van der Waals surface area contributed by atoms with Crippen LogP contribution in [0.4, 0.5) is 0 Å². The van der Waals surface area contributed by atoms with Gasteiger partial charge in [-0.15, -0.1) is 0 Å². The Balaban J connectivity index is 1.40. The largest absolute Gasteiger partial charge is 0.394 e. The number of rotatable bonds is 8. The van der Waals surface area contributed by atoms with Crippen LogP contribution in [0.15, 0.2) is 0 Å². The number of fused-ring (bicyclic) bond motifs is 1. The Labute approximate surface area is 261 Å². The number of hydrogen-bond donors (Lipinski definition) is 9. The van der Waals surface area contributed by atoms with E-state index < -0.39 is 123 Å². The van der Waals surface area contributed by atoms with Gasteiger partial charge in [-0.05, 0) is 38.5 Å². The summed E-state index contributed by atoms with van der Waals surface area (Å²) in [6, 6.07) is 0. The number of aliphatic hydroxyl groups is 9. The summed E-state index contributed by atoms with van der Waals surface area (Å²) in [5.41, 5.74) is 0. The molecule has 262 valence electrons. The van der Waals surface area contributed by atoms with Gasteiger partial charge in [-0.1, -0.05) is 0 Å². The van der Waals surface area contributed by atoms with E-state index in [1.54, 1.807) is 6.92 Å². The molecule has 2 aliphatic carbocycles. The zero-order valence-corrected chi connectivity index (χ0v) is 25.7. The smallest absolute Gasteiger partial charge is 0.186 e. The van der Waals surface area contributed by atoms with Crippen molar-refractivity contribution in [3.8, 4) is 0 Å². The van der Waals surface area contributed by atoms with Crippen molar-refractivity contribution in [2.75, 3.05) is 20.8 Å². The zero-order chi connectivity index (χ0) is 32.7. The van der Waals surface area contributed by atoms with Crippen LogP contribution in [0.25, 0.3) is 0 Å². The number of aliphatic hydroxyl groups excluding tert-OH is 9. The van der Waals surface area contributed by atoms with Crippen LogP contribution in [0.2, 0.25) is 0 Å². The van der Waals surface area contributed by atoms with Crippen LogP contribution in [0.1, 0.15) is 39.0 Å². The summed E-state index contributed by atoms with van der Waals surface area (Å²) < 4.78 is 41.6. The summed E-state index contributed by atoms with van der Waals surface area (Å²) in [5, 5.41) is 93.7. The molecular weight excluding hydrogens is 604 g/mol. The molecule has 5 rings (SSSR count). The van der Waals surface area contributed by atoms with E-state index in [1.807, 2.05) is 0 Å². The summed E-state index contributed by atoms with van der Waals surface area (Å²) in [6.07, 6.45) is -18.3. The fourth-order valence-electron chi connectivity index (χ4n) is 7.68. The van der Waals surface area contributed by atoms with Crippen molar-refractivity contribution >= 4 is 0 Å². The Kier molecular flexibility index (Phi) is 11.8. The normalized spacial score (nSPS) is 54.4. The monoisotopic (exact) mass is 654 g/mol. The Bertz CT molecular complexity index is 930. The van der Waals surface area contributed by atoms with Gasteiger partial charge in [0.2, 0.25) is 0 Å². The molecule has 5 aliphatic rings. The maximum absolute atomic E-state index is 10.8. The van der Waals surface area contributed by atoms with Gasteiger partial charge in [0.1, 0.15) is 48.8 Å². The van der Waals surface area contributed by atoms with Gasteiger partial charge in [0.15, 0.2) is 12.6 Å². The van der Waals surface area contributed by atoms with Gasteiger partial charge in [0.05, 0.1) is 55.4 Å². The molecular formula is C29H50O16. The van der Waals surface area contributed by atoms with Crippen LogP contribution in [-0.2, 0) is 33.2 Å². The third kappa shape index (κ3) is 7.22. The van der Waals surface area contributed by atoms with E-state index in [2.05, 4.69) is 0 Å². The lowest BCUT2D eigenvalue weighted by molar-refractivity contribution is -0.342. The van der Waals surface area contributed by atoms with Crippen LogP contribution >= 0.6 is 0 Å². The molecule has 3 aliphatic heterocycles. The highest BCUT2D eigenvalue weighted by atomic mass is 16.7. The summed E-state index contributed by atoms with van der Waals surface area (Å²) in [6.45, 7) is 0.914. The minimum atomic E-state index is -1.65. The lowest BCUT2D eigenvalue weighted by atomic mass is 9.72. The van der Waals surface area contributed by atoms with Crippen molar-refractivity contribution < 1.29 is 79.1 Å². The summed E-state index contributed by atoms with van der Waals surface area (Å²) in [4.78, 5) is 0. The van der Waals surface area contributed by atoms with Crippen LogP contribution in [0.3, 0.4) is 0 Å². The molecule has 2 saturated carbocycles. The van der Waals surface area contributed by atoms with Crippen molar-refractivity contribution in [1.29, 1.82) is 0 Å². The van der Waals surface area contributed by atoms with Gasteiger partial charge in [-0.3, -0.25) is 0 Å². The molecule has 16 heteroatoms. The maximum Gasteiger partial charge on any atom is 0.186 e. The van der Waals surface area contributed by atoms with Crippen molar-refractivity contribution in [1.82, 2.24) is 0 Å². The molecule has 0 aromatic carbocycles. The molecule has 0 aromatic rings. The molecule has 16 nitrogen and oxygen atoms in total. The molecule has 9 N–H and O–H groups in total. The Morgan fingerprint density at radius 3 is 1.76 bits per heavy atom. The van der Waals surface area contributed by atoms with E-state index in [9.17, 15) is 46.0 Å². The average molecular weight is 655 g/mol. The van der Waals surface area contributed by atoms with Gasteiger partial charge < -0.3 is 79.1 Å². The first-order chi connectivity index (χ1) is 21.4. The molecule has 3 saturated heterocycles. The molecule has 0 spiro atoms. The fraction of sp³-hybridized carbons (Fsp3) is 1.00. The molecule has 0 radical (unpaired) electrons. The van der Waals surface area contributed by atoms with E-state index in [0.29, 0.717) is 12.8 Å². The van der Waals surface area contributed by atoms with Gasteiger partial charge in [0.25, 0.3) is 0 Å². The quantitative estimate of drug-likeness (QED) is 0.121. The summed E-state index contributed by atoms with van der Waals surface area (Å²) in [7, 11) is 2.99. The maximum atomic E-state index is 10.8. The lowest BCUT2D eigenvalue weighted by Crippen LogP contribution is -2.63. The predicted molar refractivity (Wildman–Crippen MR) is 148 cm³/mol. The van der Waals surface area contributed by atoms with Gasteiger partial charge in [-0.25, -0.2) is 0 Å². The third-order valence-electron chi connectivity index (χ3n) is 10.3. The second kappa shape index (κ2) is 14.9. The van der Waals surface area contributed by atoms with Crippen molar-refractivity contribution in [3.63, 3.8) is 0 Å². The standard InChI is InChI=1S/C29H50O16/c1-10-20(32)23(35)25(37)28(41-10)44-18-8-13-14(42-27(18)11-4-16(39-2)21(33)17(5-11)40-3)6-12(31)7-15(13)43-29-26(38)24(36)22(34)19(9-30)45-29/h10-38H,4-9H2,1-3H3/t10-,11?,12?,13?,14?,15?,16?,17?,18?,19+,20-,21?,22+,23+,24-,25-,26+,27?,28+,29-/m0/s1. The first-order valence-electron chi connectivity index (χ1n) is 15.8.